The van der Waals surface area contributed by atoms with Crippen LogP contribution in [0, 0.1) is 0 Å². The van der Waals surface area contributed by atoms with Gasteiger partial charge >= 0.3 is 0 Å². The molecule has 5 rings (SSSR count). The lowest BCUT2D eigenvalue weighted by Gasteiger charge is -2.34. The molecule has 0 radical (unpaired) electrons. The van der Waals surface area contributed by atoms with E-state index in [0.29, 0.717) is 42.2 Å². The Morgan fingerprint density at radius 2 is 1.93 bits per heavy atom. The van der Waals surface area contributed by atoms with Gasteiger partial charge in [0.25, 0.3) is 0 Å². The largest absolute Gasteiger partial charge is 0.494 e. The molecule has 0 atom stereocenters. The zero-order chi connectivity index (χ0) is 27.9. The Hall–Kier alpha value is -4.41. The first kappa shape index (κ1) is 27.2. The van der Waals surface area contributed by atoms with Gasteiger partial charge in [0.1, 0.15) is 11.5 Å². The highest BCUT2D eigenvalue weighted by atomic mass is 16.5. The zero-order valence-corrected chi connectivity index (χ0v) is 22.9. The Kier molecular flexibility index (Phi) is 8.58. The Balaban J connectivity index is 1.39. The van der Waals surface area contributed by atoms with Crippen LogP contribution in [-0.2, 0) is 9.53 Å². The molecule has 1 amide bonds. The number of anilines is 4. The summed E-state index contributed by atoms with van der Waals surface area (Å²) in [7, 11) is 3.80. The van der Waals surface area contributed by atoms with Gasteiger partial charge in [0.05, 0.1) is 31.6 Å². The molecule has 0 saturated carbocycles. The van der Waals surface area contributed by atoms with Crippen molar-refractivity contribution in [2.45, 2.75) is 6.42 Å². The number of rotatable bonds is 9. The van der Waals surface area contributed by atoms with Crippen LogP contribution in [0.2, 0.25) is 0 Å². The van der Waals surface area contributed by atoms with E-state index in [1.54, 1.807) is 37.6 Å². The average molecular weight is 543 g/mol. The van der Waals surface area contributed by atoms with Gasteiger partial charge in [0, 0.05) is 49.8 Å². The molecule has 40 heavy (non-hydrogen) atoms. The standard InChI is InChI=1S/C30H34N6O4/c1-4-28(37)32-22-5-8-24(9-6-22)40-29-25(21-11-17-39-18-12-21)20-31-30(34-29)33-26-10-7-23(19-27(26)38-3)36-15-13-35(2)14-16-36/h4-11,19-20H,1,12-18H2,2-3H3,(H,32,37)(H,31,33,34). The van der Waals surface area contributed by atoms with Crippen molar-refractivity contribution in [3.05, 3.63) is 73.0 Å². The van der Waals surface area contributed by atoms with Gasteiger partial charge in [-0.2, -0.15) is 4.98 Å². The molecular weight excluding hydrogens is 508 g/mol. The number of hydrogen-bond donors (Lipinski definition) is 2. The SMILES string of the molecule is C=CC(=O)Nc1ccc(Oc2nc(Nc3ccc(N4CCN(C)CC4)cc3OC)ncc2C2=CCOCC2)cc1. The van der Waals surface area contributed by atoms with Gasteiger partial charge in [-0.05, 0) is 61.5 Å². The number of hydrogen-bond acceptors (Lipinski definition) is 9. The fourth-order valence-corrected chi connectivity index (χ4v) is 4.57. The number of carbonyl (C=O) groups is 1. The van der Waals surface area contributed by atoms with E-state index in [2.05, 4.69) is 45.1 Å². The lowest BCUT2D eigenvalue weighted by atomic mass is 10.0. The van der Waals surface area contributed by atoms with Gasteiger partial charge in [-0.3, -0.25) is 4.79 Å². The lowest BCUT2D eigenvalue weighted by molar-refractivity contribution is -0.111. The van der Waals surface area contributed by atoms with Crippen LogP contribution in [0.4, 0.5) is 23.0 Å². The molecule has 10 heteroatoms. The van der Waals surface area contributed by atoms with E-state index in [9.17, 15) is 4.79 Å². The first-order chi connectivity index (χ1) is 19.5. The third-order valence-electron chi connectivity index (χ3n) is 6.88. The topological polar surface area (TPSA) is 101 Å². The first-order valence-electron chi connectivity index (χ1n) is 13.3. The van der Waals surface area contributed by atoms with Gasteiger partial charge in [0.15, 0.2) is 0 Å². The Morgan fingerprint density at radius 1 is 1.12 bits per heavy atom. The molecule has 2 N–H and O–H groups in total. The molecule has 3 aromatic rings. The fraction of sp³-hybridized carbons (Fsp3) is 0.300. The molecule has 208 valence electrons. The van der Waals surface area contributed by atoms with E-state index >= 15 is 0 Å². The molecule has 0 spiro atoms. The molecule has 0 bridgehead atoms. The van der Waals surface area contributed by atoms with E-state index in [4.69, 9.17) is 19.2 Å². The van der Waals surface area contributed by atoms with Crippen molar-refractivity contribution in [1.29, 1.82) is 0 Å². The minimum atomic E-state index is -0.277. The number of nitrogens with zero attached hydrogens (tertiary/aromatic N) is 4. The fourth-order valence-electron chi connectivity index (χ4n) is 4.57. The third kappa shape index (κ3) is 6.59. The number of ether oxygens (including phenoxy) is 3. The van der Waals surface area contributed by atoms with E-state index in [1.165, 1.54) is 6.08 Å². The first-order valence-corrected chi connectivity index (χ1v) is 13.3. The number of piperazine rings is 1. The maximum absolute atomic E-state index is 11.6. The van der Waals surface area contributed by atoms with Gasteiger partial charge in [-0.25, -0.2) is 4.98 Å². The van der Waals surface area contributed by atoms with Crippen LogP contribution in [0.3, 0.4) is 0 Å². The number of carbonyl (C=O) groups excluding carboxylic acids is 1. The van der Waals surface area contributed by atoms with Crippen molar-refractivity contribution in [2.24, 2.45) is 0 Å². The molecule has 2 aliphatic heterocycles. The molecule has 10 nitrogen and oxygen atoms in total. The maximum atomic E-state index is 11.6. The van der Waals surface area contributed by atoms with Crippen molar-refractivity contribution in [1.82, 2.24) is 14.9 Å². The van der Waals surface area contributed by atoms with E-state index in [-0.39, 0.29) is 5.91 Å². The van der Waals surface area contributed by atoms with Crippen molar-refractivity contribution >= 4 is 34.5 Å². The number of methoxy groups -OCH3 is 1. The summed E-state index contributed by atoms with van der Waals surface area (Å²) in [4.78, 5) is 25.6. The third-order valence-corrected chi connectivity index (χ3v) is 6.88. The van der Waals surface area contributed by atoms with Crippen molar-refractivity contribution in [3.63, 3.8) is 0 Å². The molecule has 0 aliphatic carbocycles. The summed E-state index contributed by atoms with van der Waals surface area (Å²) >= 11 is 0. The van der Waals surface area contributed by atoms with Gasteiger partial charge in [-0.1, -0.05) is 12.7 Å². The summed E-state index contributed by atoms with van der Waals surface area (Å²) in [6.45, 7) is 8.64. The van der Waals surface area contributed by atoms with E-state index in [1.807, 2.05) is 18.2 Å². The number of amides is 1. The number of benzene rings is 2. The molecule has 3 heterocycles. The van der Waals surface area contributed by atoms with Crippen molar-refractivity contribution in [3.8, 4) is 17.4 Å². The highest BCUT2D eigenvalue weighted by Crippen LogP contribution is 2.35. The zero-order valence-electron chi connectivity index (χ0n) is 22.9. The molecule has 1 aromatic heterocycles. The summed E-state index contributed by atoms with van der Waals surface area (Å²) < 4.78 is 17.4. The van der Waals surface area contributed by atoms with Crippen LogP contribution in [0.5, 0.6) is 17.4 Å². The molecular formula is C30H34N6O4. The smallest absolute Gasteiger partial charge is 0.247 e. The van der Waals surface area contributed by atoms with Crippen molar-refractivity contribution < 1.29 is 19.0 Å². The predicted octanol–water partition coefficient (Wildman–Crippen LogP) is 4.70. The van der Waals surface area contributed by atoms with E-state index < -0.39 is 0 Å². The average Bonchev–Trinajstić information content (AvgIpc) is 2.99. The summed E-state index contributed by atoms with van der Waals surface area (Å²) in [6.07, 6.45) is 5.75. The minimum Gasteiger partial charge on any atom is -0.494 e. The van der Waals surface area contributed by atoms with Crippen LogP contribution in [0.15, 0.2) is 67.4 Å². The number of nitrogens with one attached hydrogen (secondary N) is 2. The highest BCUT2D eigenvalue weighted by molar-refractivity contribution is 5.98. The second-order valence-corrected chi connectivity index (χ2v) is 9.59. The van der Waals surface area contributed by atoms with Gasteiger partial charge < -0.3 is 34.6 Å². The molecule has 1 fully saturated rings. The summed E-state index contributed by atoms with van der Waals surface area (Å²) in [5.74, 6) is 1.80. The second-order valence-electron chi connectivity index (χ2n) is 9.59. The van der Waals surface area contributed by atoms with E-state index in [0.717, 1.165) is 55.1 Å². The van der Waals surface area contributed by atoms with Crippen LogP contribution in [0.1, 0.15) is 12.0 Å². The Morgan fingerprint density at radius 3 is 2.62 bits per heavy atom. The summed E-state index contributed by atoms with van der Waals surface area (Å²) in [5, 5.41) is 6.03. The van der Waals surface area contributed by atoms with Crippen LogP contribution < -0.4 is 25.0 Å². The molecule has 1 saturated heterocycles. The number of aromatic nitrogens is 2. The number of likely N-dealkylation sites (N-methyl/N-ethyl adjacent to an activating group) is 1. The summed E-state index contributed by atoms with van der Waals surface area (Å²) in [5.41, 5.74) is 4.38. The van der Waals surface area contributed by atoms with Crippen LogP contribution >= 0.6 is 0 Å². The lowest BCUT2D eigenvalue weighted by Crippen LogP contribution is -2.44. The minimum absolute atomic E-state index is 0.277. The van der Waals surface area contributed by atoms with Crippen molar-refractivity contribution in [2.75, 3.05) is 69.1 Å². The van der Waals surface area contributed by atoms with Gasteiger partial charge in [-0.15, -0.1) is 0 Å². The van der Waals surface area contributed by atoms with Crippen LogP contribution in [0.25, 0.3) is 5.57 Å². The molecule has 2 aliphatic rings. The highest BCUT2D eigenvalue weighted by Gasteiger charge is 2.19. The normalized spacial score (nSPS) is 15.7. The maximum Gasteiger partial charge on any atom is 0.247 e. The monoisotopic (exact) mass is 542 g/mol. The Labute approximate surface area is 234 Å². The second kappa shape index (κ2) is 12.6. The van der Waals surface area contributed by atoms with Crippen LogP contribution in [-0.4, -0.2) is 74.3 Å². The van der Waals surface area contributed by atoms with Gasteiger partial charge in [0.2, 0.25) is 17.7 Å². The Bertz CT molecular complexity index is 1380. The summed E-state index contributed by atoms with van der Waals surface area (Å²) in [6, 6.07) is 13.2. The predicted molar refractivity (Wildman–Crippen MR) is 157 cm³/mol. The molecule has 2 aromatic carbocycles. The quantitative estimate of drug-likeness (QED) is 0.373. The molecule has 0 unspecified atom stereocenters.